The zero-order valence-corrected chi connectivity index (χ0v) is 16.6. The lowest BCUT2D eigenvalue weighted by molar-refractivity contribution is 0.0388. The lowest BCUT2D eigenvalue weighted by Crippen LogP contribution is -2.46. The van der Waals surface area contributed by atoms with E-state index in [1.54, 1.807) is 0 Å². The first-order valence-corrected chi connectivity index (χ1v) is 11.5. The molecule has 0 aliphatic heterocycles. The van der Waals surface area contributed by atoms with E-state index in [0.29, 0.717) is 13.2 Å². The number of rotatable bonds is 9. The molecule has 0 bridgehead atoms. The number of ether oxygens (including phenoxy) is 1. The van der Waals surface area contributed by atoms with Crippen LogP contribution in [-0.2, 0) is 15.8 Å². The molecule has 0 unspecified atom stereocenters. The van der Waals surface area contributed by atoms with E-state index < -0.39 is 8.32 Å². The summed E-state index contributed by atoms with van der Waals surface area (Å²) in [5.74, 6) is 0.129. The minimum atomic E-state index is -1.84. The van der Waals surface area contributed by atoms with Gasteiger partial charge in [-0.3, -0.25) is 0 Å². The minimum absolute atomic E-state index is 0.0525. The van der Waals surface area contributed by atoms with E-state index in [2.05, 4.69) is 52.9 Å². The van der Waals surface area contributed by atoms with Gasteiger partial charge in [0.2, 0.25) is 0 Å². The van der Waals surface area contributed by atoms with Crippen LogP contribution in [0.5, 0.6) is 0 Å². The van der Waals surface area contributed by atoms with Gasteiger partial charge in [-0.25, -0.2) is 0 Å². The highest BCUT2D eigenvalue weighted by molar-refractivity contribution is 6.74. The van der Waals surface area contributed by atoms with E-state index in [4.69, 9.17) is 9.16 Å². The highest BCUT2D eigenvalue weighted by Gasteiger charge is 2.39. The van der Waals surface area contributed by atoms with Crippen LogP contribution < -0.4 is 0 Å². The van der Waals surface area contributed by atoms with Gasteiger partial charge in [0, 0.05) is 19.1 Å². The van der Waals surface area contributed by atoms with Gasteiger partial charge in [-0.1, -0.05) is 58.0 Å². The zero-order chi connectivity index (χ0) is 17.5. The quantitative estimate of drug-likeness (QED) is 0.528. The Labute approximate surface area is 143 Å². The molecule has 132 valence electrons. The van der Waals surface area contributed by atoms with Crippen molar-refractivity contribution in [3.05, 3.63) is 35.9 Å². The molecule has 0 amide bonds. The van der Waals surface area contributed by atoms with Crippen molar-refractivity contribution in [2.75, 3.05) is 13.2 Å². The molecule has 0 heterocycles. The van der Waals surface area contributed by atoms with E-state index in [-0.39, 0.29) is 23.7 Å². The molecule has 0 saturated heterocycles. The lowest BCUT2D eigenvalue weighted by Gasteiger charge is -2.40. The molecule has 0 fully saturated rings. The van der Waals surface area contributed by atoms with Crippen molar-refractivity contribution in [2.24, 2.45) is 5.92 Å². The summed E-state index contributed by atoms with van der Waals surface area (Å²) < 4.78 is 12.3. The Kier molecular flexibility index (Phi) is 7.94. The fourth-order valence-electron chi connectivity index (χ4n) is 2.10. The zero-order valence-electron chi connectivity index (χ0n) is 15.6. The van der Waals surface area contributed by atoms with Crippen LogP contribution in [0.2, 0.25) is 18.1 Å². The first kappa shape index (κ1) is 20.4. The summed E-state index contributed by atoms with van der Waals surface area (Å²) >= 11 is 0. The van der Waals surface area contributed by atoms with Gasteiger partial charge in [0.05, 0.1) is 12.7 Å². The maximum Gasteiger partial charge on any atom is 0.192 e. The molecule has 0 spiro atoms. The van der Waals surface area contributed by atoms with Gasteiger partial charge < -0.3 is 14.3 Å². The summed E-state index contributed by atoms with van der Waals surface area (Å²) in [5, 5.41) is 9.71. The number of hydrogen-bond acceptors (Lipinski definition) is 3. The Morgan fingerprint density at radius 3 is 2.26 bits per heavy atom. The Hall–Kier alpha value is -0.683. The summed E-state index contributed by atoms with van der Waals surface area (Å²) in [7, 11) is -1.84. The first-order chi connectivity index (χ1) is 10.7. The van der Waals surface area contributed by atoms with E-state index in [0.717, 1.165) is 6.42 Å². The average molecular weight is 339 g/mol. The second-order valence-corrected chi connectivity index (χ2v) is 12.7. The van der Waals surface area contributed by atoms with Crippen molar-refractivity contribution in [1.29, 1.82) is 0 Å². The van der Waals surface area contributed by atoms with E-state index in [1.807, 2.05) is 18.2 Å². The SMILES string of the molecule is C[C@@H](CO)[C@H](CCOCc1ccccc1)O[Si](C)(C)C(C)(C)C. The highest BCUT2D eigenvalue weighted by atomic mass is 28.4. The number of benzene rings is 1. The van der Waals surface area contributed by atoms with E-state index in [1.165, 1.54) is 5.56 Å². The molecular formula is C19H34O3Si. The van der Waals surface area contributed by atoms with Gasteiger partial charge in [0.15, 0.2) is 8.32 Å². The van der Waals surface area contributed by atoms with Crippen molar-refractivity contribution >= 4 is 8.32 Å². The molecule has 1 aromatic carbocycles. The topological polar surface area (TPSA) is 38.7 Å². The Morgan fingerprint density at radius 2 is 1.74 bits per heavy atom. The van der Waals surface area contributed by atoms with Gasteiger partial charge in [-0.05, 0) is 30.1 Å². The van der Waals surface area contributed by atoms with Gasteiger partial charge in [0.1, 0.15) is 0 Å². The summed E-state index contributed by atoms with van der Waals surface area (Å²) in [6.45, 7) is 14.7. The second kappa shape index (κ2) is 8.97. The fraction of sp³-hybridized carbons (Fsp3) is 0.684. The van der Waals surface area contributed by atoms with E-state index >= 15 is 0 Å². The van der Waals surface area contributed by atoms with Crippen molar-refractivity contribution in [3.63, 3.8) is 0 Å². The minimum Gasteiger partial charge on any atom is -0.413 e. The molecule has 1 rings (SSSR count). The summed E-state index contributed by atoms with van der Waals surface area (Å²) in [5.41, 5.74) is 1.18. The third kappa shape index (κ3) is 6.75. The molecule has 3 nitrogen and oxygen atoms in total. The van der Waals surface area contributed by atoms with Gasteiger partial charge in [-0.2, -0.15) is 0 Å². The molecule has 0 radical (unpaired) electrons. The number of aliphatic hydroxyl groups excluding tert-OH is 1. The first-order valence-electron chi connectivity index (χ1n) is 8.57. The van der Waals surface area contributed by atoms with E-state index in [9.17, 15) is 5.11 Å². The van der Waals surface area contributed by atoms with Crippen LogP contribution in [0, 0.1) is 5.92 Å². The maximum absolute atomic E-state index is 9.53. The van der Waals surface area contributed by atoms with Gasteiger partial charge in [-0.15, -0.1) is 0 Å². The Balaban J connectivity index is 2.52. The monoisotopic (exact) mass is 338 g/mol. The van der Waals surface area contributed by atoms with Crippen LogP contribution in [0.15, 0.2) is 30.3 Å². The standard InChI is InChI=1S/C19H34O3Si/c1-16(14-20)18(22-23(5,6)19(2,3)4)12-13-21-15-17-10-8-7-9-11-17/h7-11,16,18,20H,12-15H2,1-6H3/t16-,18-/m0/s1. The average Bonchev–Trinajstić information content (AvgIpc) is 2.49. The molecule has 0 aliphatic carbocycles. The number of hydrogen-bond donors (Lipinski definition) is 1. The van der Waals surface area contributed by atoms with Crippen LogP contribution in [0.3, 0.4) is 0 Å². The molecule has 0 aliphatic rings. The molecule has 0 aromatic heterocycles. The van der Waals surface area contributed by atoms with Crippen LogP contribution in [-0.4, -0.2) is 32.7 Å². The predicted octanol–water partition coefficient (Wildman–Crippen LogP) is 4.61. The van der Waals surface area contributed by atoms with Crippen molar-refractivity contribution < 1.29 is 14.3 Å². The third-order valence-corrected chi connectivity index (χ3v) is 9.34. The third-order valence-electron chi connectivity index (χ3n) is 4.83. The Morgan fingerprint density at radius 1 is 1.13 bits per heavy atom. The molecule has 0 saturated carbocycles. The molecule has 1 aromatic rings. The summed E-state index contributed by atoms with van der Waals surface area (Å²) in [6.07, 6.45) is 0.873. The van der Waals surface area contributed by atoms with Crippen LogP contribution in [0.4, 0.5) is 0 Å². The number of aliphatic hydroxyl groups is 1. The van der Waals surface area contributed by atoms with Crippen LogP contribution >= 0.6 is 0 Å². The lowest BCUT2D eigenvalue weighted by atomic mass is 10.0. The fourth-order valence-corrected chi connectivity index (χ4v) is 3.56. The highest BCUT2D eigenvalue weighted by Crippen LogP contribution is 2.38. The maximum atomic E-state index is 9.53. The van der Waals surface area contributed by atoms with Crippen molar-refractivity contribution in [1.82, 2.24) is 0 Å². The molecule has 1 N–H and O–H groups in total. The summed E-state index contributed by atoms with van der Waals surface area (Å²) in [4.78, 5) is 0. The second-order valence-electron chi connectivity index (χ2n) is 7.90. The molecular weight excluding hydrogens is 304 g/mol. The van der Waals surface area contributed by atoms with Crippen LogP contribution in [0.25, 0.3) is 0 Å². The van der Waals surface area contributed by atoms with Gasteiger partial charge in [0.25, 0.3) is 0 Å². The normalized spacial score (nSPS) is 15.4. The van der Waals surface area contributed by atoms with Gasteiger partial charge >= 0.3 is 0 Å². The van der Waals surface area contributed by atoms with Crippen molar-refractivity contribution in [3.8, 4) is 0 Å². The molecule has 23 heavy (non-hydrogen) atoms. The van der Waals surface area contributed by atoms with Crippen LogP contribution in [0.1, 0.15) is 39.7 Å². The Bertz CT molecular complexity index is 440. The summed E-state index contributed by atoms with van der Waals surface area (Å²) in [6, 6.07) is 10.2. The molecule has 4 heteroatoms. The largest absolute Gasteiger partial charge is 0.413 e. The van der Waals surface area contributed by atoms with Crippen molar-refractivity contribution in [2.45, 2.75) is 65.0 Å². The molecule has 2 atom stereocenters. The predicted molar refractivity (Wildman–Crippen MR) is 99.0 cm³/mol. The smallest absolute Gasteiger partial charge is 0.192 e.